The molecule has 5 N–H and O–H groups in total. The van der Waals surface area contributed by atoms with Gasteiger partial charge in [0.1, 0.15) is 24.5 Å². The number of nitrogens with zero attached hydrogens (tertiary/aromatic N) is 2. The van der Waals surface area contributed by atoms with Gasteiger partial charge in [0, 0.05) is 56.1 Å². The standard InChI is InChI=1S/C28H45N5O13S/c1-28(2,3)46-27(40)32-20(18-47(41,42)43)21(34)16-19(26(29)39)6-4-5-10-30-23(36)17-45-15-14-44-13-11-31-22(35)9-12-33-24(37)7-8-25(33)38/h7-8,19-20H,4-6,9-18H2,1-3H3,(H2,29,39)(H,30,36)(H,31,35)(H,32,40)(H,41,42,43)/p-1/t19-,20?/m1/s1. The van der Waals surface area contributed by atoms with E-state index >= 15 is 0 Å². The number of primary amides is 1. The number of ether oxygens (including phenoxy) is 3. The number of ketones is 1. The van der Waals surface area contributed by atoms with Crippen LogP contribution in [0.2, 0.25) is 0 Å². The average Bonchev–Trinajstić information content (AvgIpc) is 3.26. The Morgan fingerprint density at radius 1 is 1.00 bits per heavy atom. The fourth-order valence-corrected chi connectivity index (χ4v) is 4.60. The lowest BCUT2D eigenvalue weighted by molar-refractivity contribution is -0.260. The number of amides is 5. The minimum Gasteiger partial charge on any atom is -0.595 e. The third kappa shape index (κ3) is 19.4. The SMILES string of the molecule is CC(C)(C)OC([O-])=NC(CS(=O)(=O)O)C(=O)C[C@@H](CCCCNC(=O)COCCOCCNC(=O)CCN1C(=O)C=CC1=O)C(N)=O. The molecule has 18 nitrogen and oxygen atoms in total. The lowest BCUT2D eigenvalue weighted by Gasteiger charge is -2.30. The number of hydrogen-bond donors (Lipinski definition) is 4. The normalized spacial score (nSPS) is 15.0. The van der Waals surface area contributed by atoms with Gasteiger partial charge >= 0.3 is 0 Å². The fraction of sp³-hybridized carbons (Fsp3) is 0.679. The van der Waals surface area contributed by atoms with E-state index in [1.54, 1.807) is 0 Å². The van der Waals surface area contributed by atoms with Gasteiger partial charge in [0.25, 0.3) is 21.9 Å². The summed E-state index contributed by atoms with van der Waals surface area (Å²) in [6.07, 6.45) is 1.45. The molecule has 0 radical (unpaired) electrons. The second kappa shape index (κ2) is 20.3. The first-order chi connectivity index (χ1) is 21.9. The van der Waals surface area contributed by atoms with Crippen LogP contribution in [-0.2, 0) is 53.1 Å². The van der Waals surface area contributed by atoms with Crippen molar-refractivity contribution in [2.75, 3.05) is 51.8 Å². The molecule has 1 heterocycles. The van der Waals surface area contributed by atoms with E-state index in [0.717, 1.165) is 17.1 Å². The molecule has 0 aromatic heterocycles. The van der Waals surface area contributed by atoms with Crippen molar-refractivity contribution in [1.82, 2.24) is 15.5 Å². The predicted molar refractivity (Wildman–Crippen MR) is 163 cm³/mol. The van der Waals surface area contributed by atoms with Gasteiger partial charge in [-0.15, -0.1) is 0 Å². The van der Waals surface area contributed by atoms with E-state index < -0.39 is 75.3 Å². The van der Waals surface area contributed by atoms with E-state index in [1.807, 2.05) is 0 Å². The van der Waals surface area contributed by atoms with Crippen molar-refractivity contribution in [2.24, 2.45) is 16.6 Å². The molecule has 0 bridgehead atoms. The minimum atomic E-state index is -4.70. The summed E-state index contributed by atoms with van der Waals surface area (Å²) < 4.78 is 47.4. The highest BCUT2D eigenvalue weighted by molar-refractivity contribution is 7.85. The van der Waals surface area contributed by atoms with Crippen LogP contribution in [0.15, 0.2) is 17.1 Å². The molecule has 0 saturated carbocycles. The molecule has 2 atom stereocenters. The molecule has 0 aliphatic carbocycles. The van der Waals surface area contributed by atoms with Crippen LogP contribution in [0.25, 0.3) is 0 Å². The van der Waals surface area contributed by atoms with Gasteiger partial charge in [0.05, 0.1) is 19.8 Å². The molecule has 1 unspecified atom stereocenters. The molecular formula is C28H44N5O13S-. The van der Waals surface area contributed by atoms with Crippen LogP contribution in [0, 0.1) is 5.92 Å². The largest absolute Gasteiger partial charge is 0.595 e. The molecule has 0 aromatic rings. The summed E-state index contributed by atoms with van der Waals surface area (Å²) in [5, 5.41) is 17.2. The van der Waals surface area contributed by atoms with Crippen molar-refractivity contribution in [2.45, 2.75) is 64.5 Å². The quantitative estimate of drug-likeness (QED) is 0.0286. The molecule has 1 aliphatic rings. The Hall–Kier alpha value is -3.94. The first kappa shape index (κ1) is 41.1. The highest BCUT2D eigenvalue weighted by Gasteiger charge is 2.28. The zero-order chi connectivity index (χ0) is 35.6. The number of Topliss-reactive ketones (excluding diaryl/α,β-unsaturated/α-hetero) is 1. The maximum atomic E-state index is 12.7. The number of nitrogens with one attached hydrogen (secondary N) is 2. The monoisotopic (exact) mass is 690 g/mol. The summed E-state index contributed by atoms with van der Waals surface area (Å²) in [4.78, 5) is 75.7. The Labute approximate surface area is 273 Å². The van der Waals surface area contributed by atoms with Crippen LogP contribution >= 0.6 is 0 Å². The van der Waals surface area contributed by atoms with Gasteiger partial charge in [0.2, 0.25) is 17.7 Å². The average molecular weight is 691 g/mol. The van der Waals surface area contributed by atoms with Crippen LogP contribution in [0.1, 0.15) is 52.9 Å². The molecule has 19 heteroatoms. The van der Waals surface area contributed by atoms with Crippen LogP contribution in [0.5, 0.6) is 0 Å². The minimum absolute atomic E-state index is 0.0138. The summed E-state index contributed by atoms with van der Waals surface area (Å²) in [6, 6.07) is -1.79. The first-order valence-electron chi connectivity index (χ1n) is 14.8. The topological polar surface area (TPSA) is 273 Å². The van der Waals surface area contributed by atoms with Gasteiger partial charge in [-0.1, -0.05) is 27.2 Å². The fourth-order valence-electron chi connectivity index (χ4n) is 3.94. The van der Waals surface area contributed by atoms with E-state index in [9.17, 15) is 46.8 Å². The number of unbranched alkanes of at least 4 members (excludes halogenated alkanes) is 1. The highest BCUT2D eigenvalue weighted by atomic mass is 32.2. The number of aliphatic imine (C=N–C) groups is 1. The maximum Gasteiger partial charge on any atom is 0.267 e. The second-order valence-corrected chi connectivity index (χ2v) is 12.9. The number of rotatable bonds is 23. The first-order valence-corrected chi connectivity index (χ1v) is 16.4. The molecule has 47 heavy (non-hydrogen) atoms. The Balaban J connectivity index is 2.24. The molecule has 5 amide bonds. The lowest BCUT2D eigenvalue weighted by atomic mass is 9.93. The summed E-state index contributed by atoms with van der Waals surface area (Å²) in [5.41, 5.74) is 4.43. The molecule has 1 rings (SSSR count). The summed E-state index contributed by atoms with van der Waals surface area (Å²) in [6.45, 7) is 5.26. The van der Waals surface area contributed by atoms with Crippen molar-refractivity contribution in [3.63, 3.8) is 0 Å². The zero-order valence-corrected chi connectivity index (χ0v) is 27.5. The van der Waals surface area contributed by atoms with E-state index in [4.69, 9.17) is 19.9 Å². The van der Waals surface area contributed by atoms with Crippen molar-refractivity contribution < 1.29 is 61.1 Å². The van der Waals surface area contributed by atoms with Crippen LogP contribution < -0.4 is 21.5 Å². The van der Waals surface area contributed by atoms with Gasteiger partial charge in [-0.25, -0.2) is 0 Å². The number of imide groups is 1. The van der Waals surface area contributed by atoms with Crippen LogP contribution in [0.3, 0.4) is 0 Å². The van der Waals surface area contributed by atoms with Crippen LogP contribution in [0.4, 0.5) is 0 Å². The smallest absolute Gasteiger partial charge is 0.267 e. The summed E-state index contributed by atoms with van der Waals surface area (Å²) in [7, 11) is -4.70. The van der Waals surface area contributed by atoms with Crippen LogP contribution in [-0.4, -0.2) is 123 Å². The van der Waals surface area contributed by atoms with Crippen molar-refractivity contribution >= 4 is 51.5 Å². The van der Waals surface area contributed by atoms with Gasteiger partial charge in [0.15, 0.2) is 5.78 Å². The van der Waals surface area contributed by atoms with Gasteiger partial charge in [-0.2, -0.15) is 8.42 Å². The van der Waals surface area contributed by atoms with E-state index in [-0.39, 0.29) is 64.8 Å². The Morgan fingerprint density at radius 3 is 2.21 bits per heavy atom. The number of carbonyl (C=O) groups excluding carboxylic acids is 6. The maximum absolute atomic E-state index is 12.7. The molecule has 1 aliphatic heterocycles. The predicted octanol–water partition coefficient (Wildman–Crippen LogP) is -2.41. The molecule has 0 aromatic carbocycles. The molecular weight excluding hydrogens is 646 g/mol. The van der Waals surface area contributed by atoms with E-state index in [2.05, 4.69) is 15.6 Å². The van der Waals surface area contributed by atoms with E-state index in [0.29, 0.717) is 12.8 Å². The zero-order valence-electron chi connectivity index (χ0n) is 26.7. The van der Waals surface area contributed by atoms with Crippen molar-refractivity contribution in [3.8, 4) is 0 Å². The highest BCUT2D eigenvalue weighted by Crippen LogP contribution is 2.16. The Kier molecular flexibility index (Phi) is 17.8. The molecule has 0 saturated heterocycles. The van der Waals surface area contributed by atoms with Gasteiger partial charge < -0.3 is 35.7 Å². The molecule has 0 fully saturated rings. The summed E-state index contributed by atoms with van der Waals surface area (Å²) in [5.74, 6) is -5.54. The number of hydrogen-bond acceptors (Lipinski definition) is 13. The van der Waals surface area contributed by atoms with Gasteiger partial charge in [-0.3, -0.25) is 43.2 Å². The number of nitrogens with two attached hydrogens (primary N) is 1. The third-order valence-electron chi connectivity index (χ3n) is 6.18. The molecule has 266 valence electrons. The molecule has 0 spiro atoms. The lowest BCUT2D eigenvalue weighted by Crippen LogP contribution is -2.37. The summed E-state index contributed by atoms with van der Waals surface area (Å²) >= 11 is 0. The third-order valence-corrected chi connectivity index (χ3v) is 6.92. The Bertz CT molecular complexity index is 1260. The number of carbonyl (C=O) groups is 6. The Morgan fingerprint density at radius 2 is 1.62 bits per heavy atom. The van der Waals surface area contributed by atoms with E-state index in [1.165, 1.54) is 20.8 Å². The van der Waals surface area contributed by atoms with Crippen molar-refractivity contribution in [1.29, 1.82) is 0 Å². The van der Waals surface area contributed by atoms with Crippen molar-refractivity contribution in [3.05, 3.63) is 12.2 Å². The van der Waals surface area contributed by atoms with Gasteiger partial charge in [-0.05, 0) is 12.8 Å². The second-order valence-electron chi connectivity index (χ2n) is 11.4.